The third-order valence-corrected chi connectivity index (χ3v) is 26.8. The lowest BCUT2D eigenvalue weighted by atomic mass is 9.70. The number of likely N-dealkylation sites (N-methyl/N-ethyl adjacent to an activating group) is 2. The van der Waals surface area contributed by atoms with Crippen molar-refractivity contribution in [1.82, 2.24) is 20.4 Å². The van der Waals surface area contributed by atoms with Gasteiger partial charge in [-0.2, -0.15) is 0 Å². The van der Waals surface area contributed by atoms with Crippen LogP contribution in [0.2, 0.25) is 0 Å². The normalized spacial score (nSPS) is 47.0. The van der Waals surface area contributed by atoms with Crippen molar-refractivity contribution >= 4 is 18.1 Å². The van der Waals surface area contributed by atoms with E-state index in [0.717, 1.165) is 5.56 Å². The molecule has 0 unspecified atom stereocenters. The van der Waals surface area contributed by atoms with E-state index in [1.165, 1.54) is 13.8 Å². The van der Waals surface area contributed by atoms with Crippen LogP contribution in [0, 0.1) is 46.3 Å². The number of hydrogen-bond acceptors (Lipinski definition) is 30. The molecule has 674 valence electrons. The molecular weight excluding hydrogens is 1500 g/mol. The van der Waals surface area contributed by atoms with Gasteiger partial charge in [-0.3, -0.25) is 9.59 Å². The van der Waals surface area contributed by atoms with Crippen molar-refractivity contribution in [1.29, 1.82) is 0 Å². The van der Waals surface area contributed by atoms with E-state index in [4.69, 9.17) is 66.3 Å². The highest BCUT2D eigenvalue weighted by Gasteiger charge is 2.68. The predicted molar refractivity (Wildman–Crippen MR) is 433 cm³/mol. The molecule has 116 heavy (non-hydrogen) atoms. The summed E-state index contributed by atoms with van der Waals surface area (Å²) in [4.78, 5) is 45.9. The van der Waals surface area contributed by atoms with Crippen molar-refractivity contribution in [2.24, 2.45) is 46.3 Å². The number of nitrogens with zero attached hydrogens (tertiary/aromatic N) is 2. The van der Waals surface area contributed by atoms with Crippen LogP contribution in [0.1, 0.15) is 210 Å². The Kier molecular flexibility index (Phi) is 35.7. The number of benzene rings is 1. The zero-order chi connectivity index (χ0) is 85.1. The van der Waals surface area contributed by atoms with Gasteiger partial charge < -0.3 is 133 Å². The fraction of sp³-hybridized carbons (Fsp3) is 0.895. The Morgan fingerprint density at radius 3 is 1.28 bits per heavy atom. The van der Waals surface area contributed by atoms with E-state index >= 15 is 0 Å². The minimum Gasteiger partial charge on any atom is -0.459 e. The maximum absolute atomic E-state index is 14.4. The molecule has 0 radical (unpaired) electrons. The van der Waals surface area contributed by atoms with Gasteiger partial charge in [0.2, 0.25) is 0 Å². The topological polar surface area (TPSA) is 400 Å². The average molecular weight is 1660 g/mol. The van der Waals surface area contributed by atoms with E-state index < -0.39 is 197 Å². The Labute approximate surface area is 691 Å². The van der Waals surface area contributed by atoms with Crippen molar-refractivity contribution < 1.29 is 127 Å². The molecule has 0 saturated carbocycles. The van der Waals surface area contributed by atoms with E-state index in [1.807, 2.05) is 138 Å². The number of epoxide rings is 2. The van der Waals surface area contributed by atoms with Gasteiger partial charge in [-0.05, 0) is 180 Å². The van der Waals surface area contributed by atoms with Gasteiger partial charge in [-0.25, -0.2) is 4.79 Å². The first-order valence-corrected chi connectivity index (χ1v) is 41.8. The van der Waals surface area contributed by atoms with Crippen LogP contribution < -0.4 is 10.6 Å². The highest BCUT2D eigenvalue weighted by molar-refractivity contribution is 5.73. The molecule has 0 bridgehead atoms. The molecule has 8 fully saturated rings. The first kappa shape index (κ1) is 101. The Morgan fingerprint density at radius 1 is 0.534 bits per heavy atom. The summed E-state index contributed by atoms with van der Waals surface area (Å²) in [5, 5.41) is 111. The largest absolute Gasteiger partial charge is 0.509 e. The summed E-state index contributed by atoms with van der Waals surface area (Å²) in [5.41, 5.74) is -8.81. The quantitative estimate of drug-likeness (QED) is 0.0436. The third-order valence-electron chi connectivity index (χ3n) is 26.8. The SMILES string of the molecule is C.C.CC[C@H]1OC(=O)[C@H](C)[C@@H](O[C@H]2C[C@@](C)(CO)[C@]3(CO3)[C@H](C)O2)[C@H](C)[C@@H](O[C@@H]2O[C@H](C)C[C@H](N(C)C)[C@H]2O)[C@@](C)(O)C[C@@H](C)CN[C@H](C)[C@@H](O)[C@]1(C)O.CC[C@H]1OC(=O)[C@H](C)[C@@H](O[C@H]2C[C@@](C)(CO)[C@]3(CO3)[C@H](C)O2)[C@H](C)[C@@H](O[C@@H]2O[C@H](C)C[C@H](N(C)C)[C@H]2OC(=O)OCc2ccccc2)[C@@](C)(O)C[C@@H](C)CN[C@H](C)[C@@H](O)[C@]1(C)O. The number of carbonyl (C=O) groups is 3. The first-order chi connectivity index (χ1) is 53.0. The van der Waals surface area contributed by atoms with Gasteiger partial charge in [0, 0.05) is 53.6 Å². The fourth-order valence-corrected chi connectivity index (χ4v) is 19.2. The van der Waals surface area contributed by atoms with Crippen LogP contribution >= 0.6 is 0 Å². The second-order valence-electron chi connectivity index (χ2n) is 37.2. The summed E-state index contributed by atoms with van der Waals surface area (Å²) in [6.45, 7) is 36.8. The Bertz CT molecular complexity index is 3200. The molecule has 36 atom stereocenters. The zero-order valence-corrected chi connectivity index (χ0v) is 72.5. The smallest absolute Gasteiger partial charge is 0.459 e. The van der Waals surface area contributed by atoms with Crippen LogP contribution in [0.4, 0.5) is 4.79 Å². The lowest BCUT2D eigenvalue weighted by molar-refractivity contribution is -0.312. The molecule has 2 spiro atoms. The number of cyclic esters (lactones) is 2. The standard InChI is InChI=1S/C46H76N2O14.C38H70N2O12.2CH4/c1-13-34-45(10,54)38(50)30(6)47-22-26(2)20-44(9,53)39(28(4)36(29(5)40(51)59-34)60-35-21-43(8,24-49)46(25-56-46)31(7)58-35)62-41-37(33(48(11)12)19-27(3)57-41)61-42(52)55-23-32-17-15-14-16-18-32;1-13-27-37(10,46)31(43)24(6)39-17-20(2)15-36(9,45)32(52-34-29(42)26(40(11)12)14-21(3)48-34)22(4)30(23(5)33(44)50-27)51-28-16-35(8,18-41)38(19-47-38)25(7)49-28;;/h14-18,26-31,33-39,41,47,49-50,53-54H,13,19-25H2,1-12H3;20-32,34,39,41-43,45-46H,13-19H2,1-12H3;2*1H4/t26-,27-,28+,29-,30-,31+,33+,34-,35+,36+,37-,38-,39-,41+,43+,44+,45-,46+;20-,21-,22+,23-,24-,25+,26+,27-,28+,29-,30+,31-,32-,34+,35+,36+,37-,38+;;/m11../s1. The summed E-state index contributed by atoms with van der Waals surface area (Å²) in [5.74, 6) is -5.35. The van der Waals surface area contributed by atoms with E-state index in [-0.39, 0.29) is 109 Å². The average Bonchev–Trinajstić information content (AvgIpc) is 1.55. The first-order valence-electron chi connectivity index (χ1n) is 41.8. The van der Waals surface area contributed by atoms with Crippen LogP contribution in [-0.2, 0) is 82.5 Å². The number of aliphatic hydroxyl groups is 9. The minimum atomic E-state index is -1.84. The van der Waals surface area contributed by atoms with Crippen molar-refractivity contribution in [3.63, 3.8) is 0 Å². The molecule has 8 heterocycles. The summed E-state index contributed by atoms with van der Waals surface area (Å²) in [6, 6.07) is 7.39. The second kappa shape index (κ2) is 40.9. The number of aliphatic hydroxyl groups excluding tert-OH is 5. The molecule has 9 rings (SSSR count). The summed E-state index contributed by atoms with van der Waals surface area (Å²) >= 11 is 0. The van der Waals surface area contributed by atoms with Gasteiger partial charge in [0.1, 0.15) is 59.5 Å². The van der Waals surface area contributed by atoms with Crippen LogP contribution in [0.25, 0.3) is 0 Å². The number of hydrogen-bond donors (Lipinski definition) is 11. The molecule has 30 heteroatoms. The molecular formula is C86H154N4O26. The zero-order valence-electron chi connectivity index (χ0n) is 72.5. The Balaban J connectivity index is 0.000000360. The Morgan fingerprint density at radius 2 is 0.914 bits per heavy atom. The van der Waals surface area contributed by atoms with Crippen LogP contribution in [0.15, 0.2) is 30.3 Å². The lowest BCUT2D eigenvalue weighted by Crippen LogP contribution is -2.61. The number of rotatable bonds is 17. The maximum atomic E-state index is 14.4. The van der Waals surface area contributed by atoms with E-state index in [0.29, 0.717) is 39.1 Å². The van der Waals surface area contributed by atoms with Gasteiger partial charge in [0.05, 0.1) is 104 Å². The van der Waals surface area contributed by atoms with E-state index in [1.54, 1.807) is 55.4 Å². The number of carbonyl (C=O) groups excluding carboxylic acids is 3. The highest BCUT2D eigenvalue weighted by Crippen LogP contribution is 2.57. The number of esters is 2. The summed E-state index contributed by atoms with van der Waals surface area (Å²) in [6.07, 6.45) is -15.2. The summed E-state index contributed by atoms with van der Waals surface area (Å²) < 4.78 is 88.4. The molecule has 8 aliphatic rings. The maximum Gasteiger partial charge on any atom is 0.509 e. The molecule has 0 aromatic heterocycles. The monoisotopic (exact) mass is 1660 g/mol. The van der Waals surface area contributed by atoms with Gasteiger partial charge in [-0.15, -0.1) is 0 Å². The Hall–Kier alpha value is -3.49. The van der Waals surface area contributed by atoms with Gasteiger partial charge >= 0.3 is 18.1 Å². The van der Waals surface area contributed by atoms with E-state index in [9.17, 15) is 60.3 Å². The number of nitrogens with one attached hydrogen (secondary N) is 2. The fourth-order valence-electron chi connectivity index (χ4n) is 19.2. The van der Waals surface area contributed by atoms with Crippen molar-refractivity contribution in [2.75, 3.05) is 67.7 Å². The molecule has 8 aliphatic heterocycles. The third kappa shape index (κ3) is 22.7. The second-order valence-corrected chi connectivity index (χ2v) is 37.2. The van der Waals surface area contributed by atoms with Gasteiger partial charge in [0.25, 0.3) is 0 Å². The molecule has 1 aromatic carbocycles. The molecule has 0 amide bonds. The molecule has 8 saturated heterocycles. The molecule has 11 N–H and O–H groups in total. The highest BCUT2D eigenvalue weighted by atomic mass is 16.8. The number of ether oxygens (including phenoxy) is 14. The molecule has 0 aliphatic carbocycles. The van der Waals surface area contributed by atoms with Crippen LogP contribution in [0.3, 0.4) is 0 Å². The molecule has 1 aromatic rings. The predicted octanol–water partition coefficient (Wildman–Crippen LogP) is 6.75. The lowest BCUT2D eigenvalue weighted by Gasteiger charge is -2.49. The summed E-state index contributed by atoms with van der Waals surface area (Å²) in [7, 11) is 7.53. The van der Waals surface area contributed by atoms with E-state index in [2.05, 4.69) is 10.6 Å². The van der Waals surface area contributed by atoms with Crippen LogP contribution in [-0.4, -0.2) is 310 Å². The van der Waals surface area contributed by atoms with Crippen molar-refractivity contribution in [3.8, 4) is 0 Å². The molecule has 30 nitrogen and oxygen atoms in total. The van der Waals surface area contributed by atoms with Crippen LogP contribution in [0.5, 0.6) is 0 Å². The van der Waals surface area contributed by atoms with Crippen molar-refractivity contribution in [3.05, 3.63) is 35.9 Å². The van der Waals surface area contributed by atoms with Gasteiger partial charge in [0.15, 0.2) is 31.3 Å². The van der Waals surface area contributed by atoms with Gasteiger partial charge in [-0.1, -0.05) is 101 Å². The minimum absolute atomic E-state index is 0. The van der Waals surface area contributed by atoms with Crippen molar-refractivity contribution in [2.45, 2.75) is 380 Å².